The molecular weight excluding hydrogens is 426 g/mol. The van der Waals surface area contributed by atoms with Gasteiger partial charge >= 0.3 is 5.97 Å². The zero-order valence-electron chi connectivity index (χ0n) is 16.0. The Bertz CT molecular complexity index is 1060. The summed E-state index contributed by atoms with van der Waals surface area (Å²) in [4.78, 5) is 12.1. The molecule has 144 valence electrons. The first kappa shape index (κ1) is 20.4. The van der Waals surface area contributed by atoms with Crippen LogP contribution in [0.25, 0.3) is 5.70 Å². The zero-order chi connectivity index (χ0) is 20.5. The molecule has 0 aromatic heterocycles. The summed E-state index contributed by atoms with van der Waals surface area (Å²) >= 11 is 3.51. The van der Waals surface area contributed by atoms with E-state index >= 15 is 0 Å². The van der Waals surface area contributed by atoms with Crippen LogP contribution in [0.4, 0.5) is 5.69 Å². The fourth-order valence-corrected chi connectivity index (χ4v) is 3.01. The van der Waals surface area contributed by atoms with E-state index in [4.69, 9.17) is 4.74 Å². The van der Waals surface area contributed by atoms with Gasteiger partial charge in [-0.15, -0.1) is 0 Å². The molecule has 0 fully saturated rings. The molecule has 0 saturated heterocycles. The van der Waals surface area contributed by atoms with Crippen LogP contribution in [-0.4, -0.2) is 12.6 Å². The van der Waals surface area contributed by atoms with E-state index in [-0.39, 0.29) is 0 Å². The third kappa shape index (κ3) is 6.10. The molecule has 3 nitrogen and oxygen atoms in total. The van der Waals surface area contributed by atoms with Crippen molar-refractivity contribution in [1.29, 1.82) is 0 Å². The van der Waals surface area contributed by atoms with Crippen molar-refractivity contribution >= 4 is 33.3 Å². The highest BCUT2D eigenvalue weighted by molar-refractivity contribution is 9.10. The largest absolute Gasteiger partial charge is 0.463 e. The van der Waals surface area contributed by atoms with Crippen LogP contribution in [0.1, 0.15) is 23.6 Å². The molecule has 0 amide bonds. The summed E-state index contributed by atoms with van der Waals surface area (Å²) in [6.45, 7) is 2.11. The van der Waals surface area contributed by atoms with Crippen molar-refractivity contribution in [3.63, 3.8) is 0 Å². The van der Waals surface area contributed by atoms with Crippen LogP contribution < -0.4 is 5.32 Å². The van der Waals surface area contributed by atoms with Gasteiger partial charge in [-0.05, 0) is 42.8 Å². The van der Waals surface area contributed by atoms with Crippen LogP contribution in [-0.2, 0) is 9.53 Å². The second-order valence-corrected chi connectivity index (χ2v) is 7.02. The summed E-state index contributed by atoms with van der Waals surface area (Å²) in [5.74, 6) is 6.01. The van der Waals surface area contributed by atoms with E-state index in [1.54, 1.807) is 6.92 Å². The SMILES string of the molecule is CCOC(=O)/C=C(\Nc1ccc(Br)cc1C#Cc1ccccc1)c1ccccc1. The minimum absolute atomic E-state index is 0.323. The standard InChI is InChI=1S/C25H20BrNO2/c1-2-29-25(28)18-24(20-11-7-4-8-12-20)27-23-16-15-22(26)17-21(23)14-13-19-9-5-3-6-10-19/h3-12,15-18,27H,2H2,1H3/b24-18-. The van der Waals surface area contributed by atoms with Crippen LogP contribution in [0.15, 0.2) is 89.4 Å². The van der Waals surface area contributed by atoms with E-state index < -0.39 is 5.97 Å². The van der Waals surface area contributed by atoms with Crippen molar-refractivity contribution in [3.8, 4) is 11.8 Å². The lowest BCUT2D eigenvalue weighted by atomic mass is 10.1. The maximum Gasteiger partial charge on any atom is 0.332 e. The van der Waals surface area contributed by atoms with Crippen molar-refractivity contribution in [1.82, 2.24) is 0 Å². The Morgan fingerprint density at radius 3 is 2.38 bits per heavy atom. The van der Waals surface area contributed by atoms with Crippen LogP contribution in [0.3, 0.4) is 0 Å². The number of anilines is 1. The molecule has 4 heteroatoms. The van der Waals surface area contributed by atoms with Crippen molar-refractivity contribution in [2.75, 3.05) is 11.9 Å². The second kappa shape index (κ2) is 10.3. The molecule has 3 aromatic carbocycles. The monoisotopic (exact) mass is 445 g/mol. The number of carbonyl (C=O) groups is 1. The smallest absolute Gasteiger partial charge is 0.332 e. The van der Waals surface area contributed by atoms with E-state index in [2.05, 4.69) is 33.1 Å². The minimum Gasteiger partial charge on any atom is -0.463 e. The number of benzene rings is 3. The molecule has 0 bridgehead atoms. The number of hydrogen-bond donors (Lipinski definition) is 1. The average Bonchev–Trinajstić information content (AvgIpc) is 2.75. The number of hydrogen-bond acceptors (Lipinski definition) is 3. The average molecular weight is 446 g/mol. The molecular formula is C25H20BrNO2. The minimum atomic E-state index is -0.395. The zero-order valence-corrected chi connectivity index (χ0v) is 17.6. The van der Waals surface area contributed by atoms with Gasteiger partial charge in [0, 0.05) is 21.7 Å². The Kier molecular flexibility index (Phi) is 7.27. The van der Waals surface area contributed by atoms with Gasteiger partial charge < -0.3 is 10.1 Å². The Hall–Kier alpha value is -3.29. The van der Waals surface area contributed by atoms with Crippen molar-refractivity contribution in [2.45, 2.75) is 6.92 Å². The first-order valence-corrected chi connectivity index (χ1v) is 10.0. The Labute approximate surface area is 179 Å². The molecule has 0 unspecified atom stereocenters. The molecule has 3 aromatic rings. The first-order chi connectivity index (χ1) is 14.2. The normalized spacial score (nSPS) is 10.6. The van der Waals surface area contributed by atoms with Crippen LogP contribution in [0.5, 0.6) is 0 Å². The van der Waals surface area contributed by atoms with Crippen molar-refractivity contribution in [3.05, 3.63) is 106 Å². The highest BCUT2D eigenvalue weighted by atomic mass is 79.9. The summed E-state index contributed by atoms with van der Waals surface area (Å²) in [5.41, 5.74) is 4.08. The lowest BCUT2D eigenvalue weighted by molar-refractivity contribution is -0.137. The van der Waals surface area contributed by atoms with Gasteiger partial charge in [0.15, 0.2) is 0 Å². The number of esters is 1. The Morgan fingerprint density at radius 1 is 1.00 bits per heavy atom. The predicted molar refractivity (Wildman–Crippen MR) is 121 cm³/mol. The number of nitrogens with one attached hydrogen (secondary N) is 1. The molecule has 0 heterocycles. The molecule has 0 saturated carbocycles. The third-order valence-electron chi connectivity index (χ3n) is 4.00. The third-order valence-corrected chi connectivity index (χ3v) is 4.49. The van der Waals surface area contributed by atoms with E-state index in [0.29, 0.717) is 12.3 Å². The fraction of sp³-hybridized carbons (Fsp3) is 0.0800. The van der Waals surface area contributed by atoms with E-state index in [9.17, 15) is 4.79 Å². The quantitative estimate of drug-likeness (QED) is 0.303. The maximum atomic E-state index is 12.1. The number of ether oxygens (including phenoxy) is 1. The summed E-state index contributed by atoms with van der Waals surface area (Å²) in [6.07, 6.45) is 1.47. The van der Waals surface area contributed by atoms with E-state index in [1.807, 2.05) is 78.9 Å². The predicted octanol–water partition coefficient (Wildman–Crippen LogP) is 5.87. The lowest BCUT2D eigenvalue weighted by Crippen LogP contribution is -2.06. The number of rotatable bonds is 5. The van der Waals surface area contributed by atoms with Gasteiger partial charge in [0.2, 0.25) is 0 Å². The molecule has 0 aliphatic rings. The summed E-state index contributed by atoms with van der Waals surface area (Å²) in [5, 5.41) is 3.35. The summed E-state index contributed by atoms with van der Waals surface area (Å²) < 4.78 is 6.02. The summed E-state index contributed by atoms with van der Waals surface area (Å²) in [7, 11) is 0. The fourth-order valence-electron chi connectivity index (χ4n) is 2.65. The van der Waals surface area contributed by atoms with Gasteiger partial charge in [-0.3, -0.25) is 0 Å². The molecule has 29 heavy (non-hydrogen) atoms. The van der Waals surface area contributed by atoms with Crippen molar-refractivity contribution in [2.24, 2.45) is 0 Å². The van der Waals surface area contributed by atoms with E-state index in [1.165, 1.54) is 6.08 Å². The van der Waals surface area contributed by atoms with Crippen LogP contribution in [0.2, 0.25) is 0 Å². The van der Waals surface area contributed by atoms with Crippen molar-refractivity contribution < 1.29 is 9.53 Å². The Balaban J connectivity index is 1.98. The van der Waals surface area contributed by atoms with Gasteiger partial charge in [0.1, 0.15) is 0 Å². The van der Waals surface area contributed by atoms with Gasteiger partial charge in [0.05, 0.1) is 18.0 Å². The van der Waals surface area contributed by atoms with Crippen LogP contribution >= 0.6 is 15.9 Å². The van der Waals surface area contributed by atoms with Gasteiger partial charge in [-0.25, -0.2) is 4.79 Å². The maximum absolute atomic E-state index is 12.1. The van der Waals surface area contributed by atoms with Crippen LogP contribution in [0, 0.1) is 11.8 Å². The highest BCUT2D eigenvalue weighted by Crippen LogP contribution is 2.25. The molecule has 1 N–H and O–H groups in total. The second-order valence-electron chi connectivity index (χ2n) is 6.11. The van der Waals surface area contributed by atoms with Gasteiger partial charge in [-0.1, -0.05) is 76.3 Å². The molecule has 0 atom stereocenters. The first-order valence-electron chi connectivity index (χ1n) is 9.23. The Morgan fingerprint density at radius 2 is 1.69 bits per heavy atom. The summed E-state index contributed by atoms with van der Waals surface area (Å²) in [6, 6.07) is 25.3. The van der Waals surface area contributed by atoms with Gasteiger partial charge in [-0.2, -0.15) is 0 Å². The molecule has 0 aliphatic heterocycles. The lowest BCUT2D eigenvalue weighted by Gasteiger charge is -2.13. The molecule has 0 spiro atoms. The number of halogens is 1. The number of carbonyl (C=O) groups excluding carboxylic acids is 1. The molecule has 3 rings (SSSR count). The molecule has 0 radical (unpaired) electrons. The van der Waals surface area contributed by atoms with E-state index in [0.717, 1.165) is 26.9 Å². The topological polar surface area (TPSA) is 38.3 Å². The highest BCUT2D eigenvalue weighted by Gasteiger charge is 2.09. The van der Waals surface area contributed by atoms with Gasteiger partial charge in [0.25, 0.3) is 0 Å². The molecule has 0 aliphatic carbocycles.